The van der Waals surface area contributed by atoms with Gasteiger partial charge in [-0.1, -0.05) is 54.6 Å². The molecule has 6 heteroatoms. The zero-order chi connectivity index (χ0) is 22.2. The number of likely N-dealkylation sites (N-methyl/N-ethyl adjacent to an activating group) is 1. The molecule has 0 spiro atoms. The zero-order valence-corrected chi connectivity index (χ0v) is 19.1. The molecule has 162 valence electrons. The van der Waals surface area contributed by atoms with E-state index in [4.69, 9.17) is 0 Å². The summed E-state index contributed by atoms with van der Waals surface area (Å²) in [5.74, 6) is -0.0804. The van der Waals surface area contributed by atoms with Gasteiger partial charge in [-0.25, -0.2) is 4.98 Å². The van der Waals surface area contributed by atoms with Crippen LogP contribution in [-0.2, 0) is 17.8 Å². The van der Waals surface area contributed by atoms with Crippen molar-refractivity contribution in [2.24, 2.45) is 0 Å². The highest BCUT2D eigenvalue weighted by molar-refractivity contribution is 7.19. The van der Waals surface area contributed by atoms with Gasteiger partial charge < -0.3 is 4.90 Å². The zero-order valence-electron chi connectivity index (χ0n) is 18.2. The Balaban J connectivity index is 1.48. The van der Waals surface area contributed by atoms with Gasteiger partial charge in [-0.2, -0.15) is 0 Å². The fraction of sp³-hybridized carbons (Fsp3) is 0.269. The third-order valence-corrected chi connectivity index (χ3v) is 7.43. The largest absolute Gasteiger partial charge is 0.337 e. The molecule has 0 bridgehead atoms. The first kappa shape index (κ1) is 20.6. The van der Waals surface area contributed by atoms with Crippen molar-refractivity contribution in [2.45, 2.75) is 38.8 Å². The lowest BCUT2D eigenvalue weighted by Crippen LogP contribution is -2.37. The highest BCUT2D eigenvalue weighted by Crippen LogP contribution is 2.36. The molecule has 2 aromatic carbocycles. The second-order valence-corrected chi connectivity index (χ2v) is 9.57. The quantitative estimate of drug-likeness (QED) is 0.448. The smallest absolute Gasteiger partial charge is 0.263 e. The van der Waals surface area contributed by atoms with Gasteiger partial charge in [0.1, 0.15) is 11.4 Å². The minimum atomic E-state index is -0.163. The molecule has 1 amide bonds. The van der Waals surface area contributed by atoms with Crippen LogP contribution in [0.5, 0.6) is 0 Å². The van der Waals surface area contributed by atoms with Crippen LogP contribution in [-0.4, -0.2) is 27.4 Å². The van der Waals surface area contributed by atoms with E-state index in [2.05, 4.69) is 23.2 Å². The lowest BCUT2D eigenvalue weighted by atomic mass is 9.87. The molecule has 0 saturated heterocycles. The van der Waals surface area contributed by atoms with E-state index in [0.717, 1.165) is 35.3 Å². The van der Waals surface area contributed by atoms with E-state index >= 15 is 0 Å². The summed E-state index contributed by atoms with van der Waals surface area (Å²) in [5, 5.41) is 0.597. The Bertz CT molecular complexity index is 1360. The number of aromatic nitrogens is 2. The highest BCUT2D eigenvalue weighted by atomic mass is 32.1. The summed E-state index contributed by atoms with van der Waals surface area (Å²) in [4.78, 5) is 34.7. The van der Waals surface area contributed by atoms with E-state index in [1.165, 1.54) is 33.4 Å². The molecule has 0 fully saturated rings. The fourth-order valence-electron chi connectivity index (χ4n) is 4.76. The summed E-state index contributed by atoms with van der Waals surface area (Å²) >= 11 is 1.52. The van der Waals surface area contributed by atoms with Crippen molar-refractivity contribution in [1.82, 2.24) is 14.5 Å². The monoisotopic (exact) mass is 443 g/mol. The molecule has 1 unspecified atom stereocenters. The van der Waals surface area contributed by atoms with E-state index in [-0.39, 0.29) is 24.1 Å². The van der Waals surface area contributed by atoms with Crippen molar-refractivity contribution in [3.63, 3.8) is 0 Å². The Morgan fingerprint density at radius 3 is 2.72 bits per heavy atom. The molecule has 5 nitrogen and oxygen atoms in total. The van der Waals surface area contributed by atoms with Crippen molar-refractivity contribution in [2.75, 3.05) is 7.05 Å². The average molecular weight is 444 g/mol. The molecule has 0 saturated carbocycles. The Hall–Kier alpha value is -3.25. The summed E-state index contributed by atoms with van der Waals surface area (Å²) < 4.78 is 1.45. The molecule has 2 aromatic heterocycles. The van der Waals surface area contributed by atoms with E-state index in [1.54, 1.807) is 4.90 Å². The maximum atomic E-state index is 13.4. The van der Waals surface area contributed by atoms with E-state index in [1.807, 2.05) is 50.4 Å². The second kappa shape index (κ2) is 8.36. The average Bonchev–Trinajstić information content (AvgIpc) is 3.17. The van der Waals surface area contributed by atoms with Crippen LogP contribution in [0.1, 0.15) is 34.9 Å². The first-order valence-corrected chi connectivity index (χ1v) is 11.7. The van der Waals surface area contributed by atoms with E-state index < -0.39 is 0 Å². The maximum absolute atomic E-state index is 13.4. The standard InChI is InChI=1S/C26H25N3O2S/c1-17-23(19-10-4-3-5-11-19)24-25(32-17)27-16-29(26(24)31)15-22(30)28(2)21-14-8-12-18-9-6-7-13-20(18)21/h3-7,9-11,13,16,21H,8,12,14-15H2,1-2H3. The molecule has 0 N–H and O–H groups in total. The third kappa shape index (κ3) is 3.54. The normalized spacial score (nSPS) is 15.5. The number of rotatable bonds is 4. The molecule has 0 aliphatic heterocycles. The van der Waals surface area contributed by atoms with Crippen molar-refractivity contribution < 1.29 is 4.79 Å². The van der Waals surface area contributed by atoms with Gasteiger partial charge in [-0.05, 0) is 42.9 Å². The summed E-state index contributed by atoms with van der Waals surface area (Å²) in [7, 11) is 1.84. The molecular weight excluding hydrogens is 418 g/mol. The van der Waals surface area contributed by atoms with Crippen LogP contribution in [0.3, 0.4) is 0 Å². The van der Waals surface area contributed by atoms with Crippen molar-refractivity contribution in [1.29, 1.82) is 0 Å². The first-order chi connectivity index (χ1) is 15.5. The number of fused-ring (bicyclic) bond motifs is 2. The van der Waals surface area contributed by atoms with Gasteiger partial charge in [0.25, 0.3) is 5.56 Å². The molecule has 0 radical (unpaired) electrons. The number of hydrogen-bond acceptors (Lipinski definition) is 4. The van der Waals surface area contributed by atoms with Crippen LogP contribution < -0.4 is 5.56 Å². The summed E-state index contributed by atoms with van der Waals surface area (Å²) in [6.07, 6.45) is 4.55. The number of benzene rings is 2. The number of aryl methyl sites for hydroxylation is 2. The van der Waals surface area contributed by atoms with E-state index in [9.17, 15) is 9.59 Å². The predicted molar refractivity (Wildman–Crippen MR) is 129 cm³/mol. The number of carbonyl (C=O) groups is 1. The molecule has 32 heavy (non-hydrogen) atoms. The Morgan fingerprint density at radius 2 is 1.91 bits per heavy atom. The van der Waals surface area contributed by atoms with Crippen LogP contribution in [0, 0.1) is 6.92 Å². The van der Waals surface area contributed by atoms with Gasteiger partial charge in [0.15, 0.2) is 0 Å². The Morgan fingerprint density at radius 1 is 1.16 bits per heavy atom. The second-order valence-electron chi connectivity index (χ2n) is 8.37. The molecule has 2 heterocycles. The number of amides is 1. The lowest BCUT2D eigenvalue weighted by molar-refractivity contribution is -0.133. The van der Waals surface area contributed by atoms with Crippen LogP contribution in [0.25, 0.3) is 21.3 Å². The van der Waals surface area contributed by atoms with Crippen molar-refractivity contribution >= 4 is 27.5 Å². The van der Waals surface area contributed by atoms with Crippen LogP contribution >= 0.6 is 11.3 Å². The molecule has 4 aromatic rings. The summed E-state index contributed by atoms with van der Waals surface area (Å²) in [6, 6.07) is 18.3. The van der Waals surface area contributed by atoms with E-state index in [0.29, 0.717) is 10.2 Å². The molecule has 1 atom stereocenters. The van der Waals surface area contributed by atoms with Crippen LogP contribution in [0.4, 0.5) is 0 Å². The lowest BCUT2D eigenvalue weighted by Gasteiger charge is -2.33. The predicted octanol–water partition coefficient (Wildman–Crippen LogP) is 4.97. The highest BCUT2D eigenvalue weighted by Gasteiger charge is 2.27. The van der Waals surface area contributed by atoms with Crippen molar-refractivity contribution in [3.05, 3.63) is 87.3 Å². The number of thiophene rings is 1. The number of nitrogens with zero attached hydrogens (tertiary/aromatic N) is 3. The van der Waals surface area contributed by atoms with Gasteiger partial charge in [0.05, 0.1) is 17.8 Å². The van der Waals surface area contributed by atoms with Gasteiger partial charge in [-0.3, -0.25) is 14.2 Å². The molecular formula is C26H25N3O2S. The SMILES string of the molecule is Cc1sc2ncn(CC(=O)N(C)C3CCCc4ccccc43)c(=O)c2c1-c1ccccc1. The summed E-state index contributed by atoms with van der Waals surface area (Å²) in [6.45, 7) is 2.00. The van der Waals surface area contributed by atoms with Gasteiger partial charge in [-0.15, -0.1) is 11.3 Å². The minimum absolute atomic E-state index is 0.0138. The van der Waals surface area contributed by atoms with Crippen LogP contribution in [0.2, 0.25) is 0 Å². The number of carbonyl (C=O) groups excluding carboxylic acids is 1. The van der Waals surface area contributed by atoms with Crippen molar-refractivity contribution in [3.8, 4) is 11.1 Å². The van der Waals surface area contributed by atoms with Gasteiger partial charge in [0.2, 0.25) is 5.91 Å². The minimum Gasteiger partial charge on any atom is -0.337 e. The molecule has 5 rings (SSSR count). The maximum Gasteiger partial charge on any atom is 0.263 e. The fourth-order valence-corrected chi connectivity index (χ4v) is 5.77. The third-order valence-electron chi connectivity index (χ3n) is 6.42. The number of hydrogen-bond donors (Lipinski definition) is 0. The van der Waals surface area contributed by atoms with Gasteiger partial charge in [0, 0.05) is 17.5 Å². The Labute approximate surface area is 191 Å². The molecule has 1 aliphatic carbocycles. The van der Waals surface area contributed by atoms with Crippen LogP contribution in [0.15, 0.2) is 65.7 Å². The first-order valence-electron chi connectivity index (χ1n) is 10.9. The topological polar surface area (TPSA) is 55.2 Å². The summed E-state index contributed by atoms with van der Waals surface area (Å²) in [5.41, 5.74) is 4.28. The van der Waals surface area contributed by atoms with Gasteiger partial charge >= 0.3 is 0 Å². The Kier molecular flexibility index (Phi) is 5.39. The molecule has 1 aliphatic rings.